The molecule has 0 aliphatic heterocycles. The largest absolute Gasteiger partial charge is 0.0654 e. The van der Waals surface area contributed by atoms with Crippen molar-refractivity contribution in [3.63, 3.8) is 0 Å². The van der Waals surface area contributed by atoms with Crippen LogP contribution in [0.25, 0.3) is 0 Å². The van der Waals surface area contributed by atoms with Crippen molar-refractivity contribution in [1.82, 2.24) is 0 Å². The zero-order valence-electron chi connectivity index (χ0n) is 17.5. The summed E-state index contributed by atoms with van der Waals surface area (Å²) in [6.45, 7) is 11.2. The number of unbranched alkanes of at least 4 members (excludes halogenated alkanes) is 9. The van der Waals surface area contributed by atoms with Gasteiger partial charge in [-0.1, -0.05) is 90.7 Å². The predicted octanol–water partition coefficient (Wildman–Crippen LogP) is 8.24. The van der Waals surface area contributed by atoms with E-state index in [1.165, 1.54) is 102 Å². The van der Waals surface area contributed by atoms with Gasteiger partial charge in [-0.15, -0.1) is 0 Å². The number of hydrogen-bond acceptors (Lipinski definition) is 0. The molecule has 0 heteroatoms. The summed E-state index contributed by atoms with van der Waals surface area (Å²) >= 11 is 0. The molecular weight excluding hydrogens is 300 g/mol. The minimum Gasteiger partial charge on any atom is -0.0654 e. The summed E-state index contributed by atoms with van der Waals surface area (Å²) in [6, 6.07) is 4.77. The van der Waals surface area contributed by atoms with E-state index in [0.717, 1.165) is 0 Å². The monoisotopic (exact) mass is 343 g/mol. The summed E-state index contributed by atoms with van der Waals surface area (Å²) in [4.78, 5) is 0. The van der Waals surface area contributed by atoms with Crippen LogP contribution in [0.5, 0.6) is 0 Å². The molecule has 0 aliphatic carbocycles. The SMILES string of the molecule is [CH2]c1cc(CCCCCC)c(CCCCCC)c(CCCCCC)c1. The van der Waals surface area contributed by atoms with Gasteiger partial charge in [0.05, 0.1) is 0 Å². The highest BCUT2D eigenvalue weighted by Crippen LogP contribution is 2.24. The Morgan fingerprint density at radius 1 is 0.560 bits per heavy atom. The van der Waals surface area contributed by atoms with E-state index in [9.17, 15) is 0 Å². The smallest absolute Gasteiger partial charge is 0.0238 e. The van der Waals surface area contributed by atoms with Crippen molar-refractivity contribution in [3.05, 3.63) is 41.3 Å². The van der Waals surface area contributed by atoms with Crippen LogP contribution in [0.1, 0.15) is 120 Å². The number of benzene rings is 1. The van der Waals surface area contributed by atoms with E-state index in [0.29, 0.717) is 0 Å². The average Bonchev–Trinajstić information content (AvgIpc) is 2.60. The fraction of sp³-hybridized carbons (Fsp3) is 0.720. The lowest BCUT2D eigenvalue weighted by Crippen LogP contribution is -2.03. The lowest BCUT2D eigenvalue weighted by atomic mass is 9.88. The molecule has 0 spiro atoms. The van der Waals surface area contributed by atoms with Crippen LogP contribution in [-0.2, 0) is 19.3 Å². The van der Waals surface area contributed by atoms with Crippen LogP contribution in [-0.4, -0.2) is 0 Å². The molecular formula is C25H43. The van der Waals surface area contributed by atoms with Crippen molar-refractivity contribution in [2.24, 2.45) is 0 Å². The molecule has 0 aromatic heterocycles. The Hall–Kier alpha value is -0.780. The average molecular weight is 344 g/mol. The molecule has 143 valence electrons. The lowest BCUT2D eigenvalue weighted by molar-refractivity contribution is 0.639. The van der Waals surface area contributed by atoms with Gasteiger partial charge in [0.2, 0.25) is 0 Å². The molecule has 1 aromatic rings. The van der Waals surface area contributed by atoms with Crippen molar-refractivity contribution >= 4 is 0 Å². The van der Waals surface area contributed by atoms with Crippen LogP contribution in [0.3, 0.4) is 0 Å². The highest BCUT2D eigenvalue weighted by Gasteiger charge is 2.10. The molecule has 0 N–H and O–H groups in total. The molecule has 1 rings (SSSR count). The molecule has 0 fully saturated rings. The van der Waals surface area contributed by atoms with E-state index in [1.807, 2.05) is 0 Å². The number of rotatable bonds is 15. The molecule has 0 unspecified atom stereocenters. The van der Waals surface area contributed by atoms with Gasteiger partial charge in [-0.25, -0.2) is 0 Å². The van der Waals surface area contributed by atoms with Crippen LogP contribution in [0.2, 0.25) is 0 Å². The van der Waals surface area contributed by atoms with E-state index < -0.39 is 0 Å². The van der Waals surface area contributed by atoms with E-state index >= 15 is 0 Å². The first-order valence-corrected chi connectivity index (χ1v) is 11.2. The fourth-order valence-electron chi connectivity index (χ4n) is 3.85. The second-order valence-corrected chi connectivity index (χ2v) is 7.82. The minimum absolute atomic E-state index is 1.23. The van der Waals surface area contributed by atoms with Crippen molar-refractivity contribution in [2.45, 2.75) is 117 Å². The highest BCUT2D eigenvalue weighted by atomic mass is 14.2. The number of hydrogen-bond donors (Lipinski definition) is 0. The molecule has 0 bridgehead atoms. The van der Waals surface area contributed by atoms with Crippen molar-refractivity contribution in [1.29, 1.82) is 0 Å². The van der Waals surface area contributed by atoms with Gasteiger partial charge in [-0.2, -0.15) is 0 Å². The Morgan fingerprint density at radius 2 is 0.960 bits per heavy atom. The van der Waals surface area contributed by atoms with Crippen molar-refractivity contribution < 1.29 is 0 Å². The Balaban J connectivity index is 2.79. The molecule has 0 saturated carbocycles. The summed E-state index contributed by atoms with van der Waals surface area (Å²) in [5, 5.41) is 0. The fourth-order valence-corrected chi connectivity index (χ4v) is 3.85. The van der Waals surface area contributed by atoms with E-state index in [2.05, 4.69) is 39.8 Å². The molecule has 1 aromatic carbocycles. The minimum atomic E-state index is 1.23. The quantitative estimate of drug-likeness (QED) is 0.281. The van der Waals surface area contributed by atoms with Crippen LogP contribution in [0, 0.1) is 6.92 Å². The van der Waals surface area contributed by atoms with Crippen LogP contribution in [0.4, 0.5) is 0 Å². The molecule has 0 nitrogen and oxygen atoms in total. The third kappa shape index (κ3) is 9.47. The van der Waals surface area contributed by atoms with Gasteiger partial charge in [-0.05, 0) is 67.7 Å². The maximum atomic E-state index is 4.28. The van der Waals surface area contributed by atoms with Gasteiger partial charge in [0.1, 0.15) is 0 Å². The second kappa shape index (κ2) is 14.4. The topological polar surface area (TPSA) is 0 Å². The highest BCUT2D eigenvalue weighted by molar-refractivity contribution is 5.41. The number of aryl methyl sites for hydroxylation is 2. The maximum absolute atomic E-state index is 4.28. The summed E-state index contributed by atoms with van der Waals surface area (Å²) in [6.07, 6.45) is 20.1. The van der Waals surface area contributed by atoms with Gasteiger partial charge >= 0.3 is 0 Å². The molecule has 0 saturated heterocycles. The molecule has 0 aliphatic rings. The van der Waals surface area contributed by atoms with Crippen molar-refractivity contribution in [3.8, 4) is 0 Å². The zero-order valence-corrected chi connectivity index (χ0v) is 17.5. The van der Waals surface area contributed by atoms with Gasteiger partial charge in [0.25, 0.3) is 0 Å². The Kier molecular flexibility index (Phi) is 12.8. The zero-order chi connectivity index (χ0) is 18.3. The summed E-state index contributed by atoms with van der Waals surface area (Å²) < 4.78 is 0. The molecule has 1 radical (unpaired) electrons. The van der Waals surface area contributed by atoms with E-state index in [4.69, 9.17) is 0 Å². The predicted molar refractivity (Wildman–Crippen MR) is 114 cm³/mol. The van der Waals surface area contributed by atoms with Gasteiger partial charge in [0.15, 0.2) is 0 Å². The first-order chi connectivity index (χ1) is 12.2. The Bertz CT molecular complexity index is 410. The normalized spacial score (nSPS) is 11.2. The first kappa shape index (κ1) is 22.3. The molecule has 25 heavy (non-hydrogen) atoms. The van der Waals surface area contributed by atoms with Crippen molar-refractivity contribution in [2.75, 3.05) is 0 Å². The standard InChI is InChI=1S/C25H43/c1-5-8-11-14-17-23-20-22(4)21-24(18-15-12-9-6-2)25(23)19-16-13-10-7-3/h20-21H,4-19H2,1-3H3. The summed E-state index contributed by atoms with van der Waals surface area (Å²) in [5.74, 6) is 0. The van der Waals surface area contributed by atoms with Crippen LogP contribution >= 0.6 is 0 Å². The second-order valence-electron chi connectivity index (χ2n) is 7.82. The van der Waals surface area contributed by atoms with Crippen LogP contribution < -0.4 is 0 Å². The molecule has 0 amide bonds. The Labute approximate surface area is 158 Å². The first-order valence-electron chi connectivity index (χ1n) is 11.2. The van der Waals surface area contributed by atoms with E-state index in [1.54, 1.807) is 16.7 Å². The summed E-state index contributed by atoms with van der Waals surface area (Å²) in [5.41, 5.74) is 6.15. The Morgan fingerprint density at radius 3 is 1.36 bits per heavy atom. The summed E-state index contributed by atoms with van der Waals surface area (Å²) in [7, 11) is 0. The van der Waals surface area contributed by atoms with Gasteiger partial charge < -0.3 is 0 Å². The van der Waals surface area contributed by atoms with Crippen LogP contribution in [0.15, 0.2) is 12.1 Å². The molecule has 0 heterocycles. The third-order valence-electron chi connectivity index (χ3n) is 5.37. The maximum Gasteiger partial charge on any atom is -0.0238 e. The third-order valence-corrected chi connectivity index (χ3v) is 5.37. The van der Waals surface area contributed by atoms with Gasteiger partial charge in [-0.3, -0.25) is 0 Å². The van der Waals surface area contributed by atoms with Gasteiger partial charge in [0, 0.05) is 0 Å². The molecule has 0 atom stereocenters. The lowest BCUT2D eigenvalue weighted by Gasteiger charge is -2.17. The van der Waals surface area contributed by atoms with E-state index in [-0.39, 0.29) is 0 Å².